The van der Waals surface area contributed by atoms with Crippen LogP contribution in [0.1, 0.15) is 45.6 Å². The van der Waals surface area contributed by atoms with Gasteiger partial charge in [-0.1, -0.05) is 44.0 Å². The van der Waals surface area contributed by atoms with Gasteiger partial charge in [-0.3, -0.25) is 10.0 Å². The van der Waals surface area contributed by atoms with E-state index in [0.29, 0.717) is 38.0 Å². The van der Waals surface area contributed by atoms with Gasteiger partial charge in [-0.25, -0.2) is 4.99 Å². The van der Waals surface area contributed by atoms with Crippen LogP contribution >= 0.6 is 23.2 Å². The van der Waals surface area contributed by atoms with Crippen molar-refractivity contribution >= 4 is 48.9 Å². The molecule has 1 aromatic carbocycles. The first kappa shape index (κ1) is 35.5. The minimum Gasteiger partial charge on any atom is -0.417 e. The minimum atomic E-state index is -5.31. The van der Waals surface area contributed by atoms with Gasteiger partial charge in [-0.2, -0.15) is 44.9 Å². The van der Waals surface area contributed by atoms with Gasteiger partial charge in [-0.15, -0.1) is 0 Å². The number of fused-ring (bicyclic) bond motifs is 1. The maximum absolute atomic E-state index is 14.1. The summed E-state index contributed by atoms with van der Waals surface area (Å²) in [5.41, 5.74) is -1.91. The number of hydrogen-bond donors (Lipinski definition) is 2. The third-order valence-electron chi connectivity index (χ3n) is 7.20. The molecule has 0 amide bonds. The number of aliphatic imine (C=N–C) groups is 2. The van der Waals surface area contributed by atoms with Crippen LogP contribution in [0.25, 0.3) is 0 Å². The van der Waals surface area contributed by atoms with Crippen molar-refractivity contribution in [1.29, 1.82) is 0 Å². The van der Waals surface area contributed by atoms with Gasteiger partial charge in [0.05, 0.1) is 26.9 Å². The predicted octanol–water partition coefficient (Wildman–Crippen LogP) is 8.63. The summed E-state index contributed by atoms with van der Waals surface area (Å²) in [4.78, 5) is 7.56. The Morgan fingerprint density at radius 3 is 1.98 bits per heavy atom. The Bertz CT molecular complexity index is 1280. The first-order valence-corrected chi connectivity index (χ1v) is 16.7. The zero-order chi connectivity index (χ0) is 32.8. The summed E-state index contributed by atoms with van der Waals surface area (Å²) in [5, 5.41) is 0.783. The van der Waals surface area contributed by atoms with E-state index in [-0.39, 0.29) is 11.6 Å². The standard InChI is InChI=1S/C25H30Cl2F9N5OSi/c1-22(2,3)43(4,5)42-10-8-6-7-9-37-20-16-18(24(31,32)33)38-21(25(34,35)36)39-19(16)40-41(20)17-14(26)11-13(12-15(17)27)23(28,29)30/h11-12,19,40H,6-10H2,1-5H3,(H,38,39). The molecule has 2 aliphatic heterocycles. The lowest BCUT2D eigenvalue weighted by Crippen LogP contribution is -2.47. The van der Waals surface area contributed by atoms with Gasteiger partial charge in [0.15, 0.2) is 14.2 Å². The van der Waals surface area contributed by atoms with Crippen LogP contribution in [0.4, 0.5) is 45.2 Å². The van der Waals surface area contributed by atoms with E-state index in [1.807, 2.05) is 0 Å². The van der Waals surface area contributed by atoms with Gasteiger partial charge in [0.1, 0.15) is 11.9 Å². The van der Waals surface area contributed by atoms with Crippen molar-refractivity contribution in [1.82, 2.24) is 10.7 Å². The molecule has 0 saturated carbocycles. The van der Waals surface area contributed by atoms with Gasteiger partial charge in [0.2, 0.25) is 5.84 Å². The number of halogens is 11. The highest BCUT2D eigenvalue weighted by Crippen LogP contribution is 2.44. The average Bonchev–Trinajstić information content (AvgIpc) is 3.17. The van der Waals surface area contributed by atoms with Crippen LogP contribution in [-0.2, 0) is 10.6 Å². The monoisotopic (exact) mass is 685 g/mol. The van der Waals surface area contributed by atoms with Crippen LogP contribution in [0.3, 0.4) is 0 Å². The van der Waals surface area contributed by atoms with E-state index in [0.717, 1.165) is 5.01 Å². The molecule has 1 atom stereocenters. The van der Waals surface area contributed by atoms with Crippen LogP contribution in [0.5, 0.6) is 0 Å². The molecule has 6 nitrogen and oxygen atoms in total. The molecule has 2 heterocycles. The number of hydrazine groups is 1. The van der Waals surface area contributed by atoms with E-state index < -0.39 is 77.2 Å². The van der Waals surface area contributed by atoms with Crippen molar-refractivity contribution < 1.29 is 43.9 Å². The molecule has 1 aromatic rings. The number of nitrogens with one attached hydrogen (secondary N) is 2. The molecule has 2 N–H and O–H groups in total. The van der Waals surface area contributed by atoms with E-state index in [4.69, 9.17) is 27.6 Å². The fourth-order valence-corrected chi connectivity index (χ4v) is 5.68. The molecule has 0 radical (unpaired) electrons. The van der Waals surface area contributed by atoms with Crippen molar-refractivity contribution in [2.45, 2.75) is 82.9 Å². The molecular weight excluding hydrogens is 656 g/mol. The highest BCUT2D eigenvalue weighted by Gasteiger charge is 2.52. The van der Waals surface area contributed by atoms with E-state index in [2.05, 4.69) is 49.3 Å². The molecule has 3 rings (SSSR count). The third-order valence-corrected chi connectivity index (χ3v) is 12.3. The molecule has 1 saturated heterocycles. The van der Waals surface area contributed by atoms with Crippen molar-refractivity contribution in [3.8, 4) is 0 Å². The number of alkyl halides is 9. The second-order valence-corrected chi connectivity index (χ2v) is 17.0. The number of allylic oxidation sites excluding steroid dienone is 1. The fraction of sp³-hybridized carbons (Fsp3) is 0.600. The Kier molecular flexibility index (Phi) is 10.2. The van der Waals surface area contributed by atoms with E-state index in [1.54, 1.807) is 0 Å². The molecule has 242 valence electrons. The second kappa shape index (κ2) is 12.4. The molecule has 43 heavy (non-hydrogen) atoms. The maximum atomic E-state index is 14.1. The van der Waals surface area contributed by atoms with Crippen LogP contribution < -0.4 is 15.8 Å². The van der Waals surface area contributed by atoms with Crippen molar-refractivity contribution in [2.75, 3.05) is 18.2 Å². The molecule has 0 spiro atoms. The SMILES string of the molecule is CC(C)(C)[Si](C)(C)OCCCCCN=C1C2=C(C(F)(F)F)NC(C(F)(F)F)=NC2NN1c1c(Cl)cc(C(F)(F)F)cc1Cl. The number of hydrogen-bond acceptors (Lipinski definition) is 5. The normalized spacial score (nSPS) is 19.6. The molecular formula is C25H30Cl2F9N5OSi. The summed E-state index contributed by atoms with van der Waals surface area (Å²) in [6.07, 6.45) is -15.9. The average molecular weight is 687 g/mol. The van der Waals surface area contributed by atoms with E-state index in [1.165, 1.54) is 5.32 Å². The molecule has 2 aliphatic rings. The number of benzene rings is 1. The minimum absolute atomic E-state index is 0.00169. The quantitative estimate of drug-likeness (QED) is 0.163. The summed E-state index contributed by atoms with van der Waals surface area (Å²) in [6.45, 7) is 10.8. The molecule has 1 unspecified atom stereocenters. The largest absolute Gasteiger partial charge is 0.449 e. The first-order chi connectivity index (χ1) is 19.4. The van der Waals surface area contributed by atoms with Crippen LogP contribution in [0, 0.1) is 0 Å². The summed E-state index contributed by atoms with van der Waals surface area (Å²) in [7, 11) is -1.98. The number of unbranched alkanes of at least 4 members (excludes halogenated alkanes) is 2. The summed E-state index contributed by atoms with van der Waals surface area (Å²) in [6, 6.07) is 0.988. The lowest BCUT2D eigenvalue weighted by atomic mass is 10.1. The Balaban J connectivity index is 1.97. The van der Waals surface area contributed by atoms with Gasteiger partial charge >= 0.3 is 18.5 Å². The Hall–Kier alpha value is -2.01. The lowest BCUT2D eigenvalue weighted by Gasteiger charge is -2.36. The van der Waals surface area contributed by atoms with Crippen molar-refractivity contribution in [3.05, 3.63) is 39.0 Å². The molecule has 1 fully saturated rings. The Labute approximate surface area is 253 Å². The summed E-state index contributed by atoms with van der Waals surface area (Å²) >= 11 is 12.2. The number of rotatable bonds is 8. The summed E-state index contributed by atoms with van der Waals surface area (Å²) in [5.74, 6) is -2.47. The zero-order valence-electron chi connectivity index (χ0n) is 23.7. The van der Waals surface area contributed by atoms with E-state index in [9.17, 15) is 39.5 Å². The number of amidine groups is 2. The number of nitrogens with zero attached hydrogens (tertiary/aromatic N) is 3. The molecule has 0 aromatic heterocycles. The Morgan fingerprint density at radius 1 is 0.907 bits per heavy atom. The lowest BCUT2D eigenvalue weighted by molar-refractivity contribution is -0.137. The smallest absolute Gasteiger partial charge is 0.417 e. The molecule has 0 aliphatic carbocycles. The fourth-order valence-electron chi connectivity index (χ4n) is 3.94. The van der Waals surface area contributed by atoms with Crippen molar-refractivity contribution in [2.24, 2.45) is 9.98 Å². The summed E-state index contributed by atoms with van der Waals surface area (Å²) < 4.78 is 128. The Morgan fingerprint density at radius 2 is 1.49 bits per heavy atom. The zero-order valence-corrected chi connectivity index (χ0v) is 26.2. The molecule has 0 bridgehead atoms. The highest BCUT2D eigenvalue weighted by atomic mass is 35.5. The van der Waals surface area contributed by atoms with Crippen LogP contribution in [0.15, 0.2) is 33.4 Å². The maximum Gasteiger partial charge on any atom is 0.449 e. The van der Waals surface area contributed by atoms with Gasteiger partial charge in [-0.05, 0) is 49.5 Å². The first-order valence-electron chi connectivity index (χ1n) is 13.0. The van der Waals surface area contributed by atoms with Crippen LogP contribution in [0.2, 0.25) is 28.2 Å². The second-order valence-electron chi connectivity index (χ2n) is 11.4. The van der Waals surface area contributed by atoms with Gasteiger partial charge in [0, 0.05) is 13.2 Å². The van der Waals surface area contributed by atoms with Gasteiger partial charge in [0.25, 0.3) is 0 Å². The molecule has 18 heteroatoms. The third kappa shape index (κ3) is 8.18. The van der Waals surface area contributed by atoms with Crippen LogP contribution in [-0.4, -0.2) is 51.7 Å². The number of anilines is 1. The van der Waals surface area contributed by atoms with E-state index >= 15 is 0 Å². The predicted molar refractivity (Wildman–Crippen MR) is 150 cm³/mol. The van der Waals surface area contributed by atoms with Gasteiger partial charge < -0.3 is 9.74 Å². The topological polar surface area (TPSA) is 61.2 Å². The highest BCUT2D eigenvalue weighted by molar-refractivity contribution is 6.74. The van der Waals surface area contributed by atoms with Crippen molar-refractivity contribution in [3.63, 3.8) is 0 Å².